The zero-order valence-electron chi connectivity index (χ0n) is 11.1. The lowest BCUT2D eigenvalue weighted by atomic mass is 10.0. The maximum Gasteiger partial charge on any atom is 0.255 e. The number of hydrogen-bond donors (Lipinski definition) is 2. The molecule has 6 heteroatoms. The molecule has 0 saturated carbocycles. The number of nitrogens with one attached hydrogen (secondary N) is 1. The number of rotatable bonds is 4. The molecule has 0 unspecified atom stereocenters. The first-order valence-corrected chi connectivity index (χ1v) is 5.60. The van der Waals surface area contributed by atoms with Crippen LogP contribution in [0.25, 0.3) is 0 Å². The van der Waals surface area contributed by atoms with E-state index in [4.69, 9.17) is 5.73 Å². The molecule has 0 aromatic carbocycles. The first-order valence-electron chi connectivity index (χ1n) is 5.60. The average Bonchev–Trinajstić information content (AvgIpc) is 2.29. The van der Waals surface area contributed by atoms with E-state index in [-0.39, 0.29) is 16.9 Å². The monoisotopic (exact) mass is 254 g/mol. The highest BCUT2D eigenvalue weighted by molar-refractivity contribution is 5.98. The van der Waals surface area contributed by atoms with Gasteiger partial charge in [0.15, 0.2) is 0 Å². The van der Waals surface area contributed by atoms with Gasteiger partial charge in [-0.2, -0.15) is 0 Å². The van der Waals surface area contributed by atoms with Gasteiger partial charge >= 0.3 is 0 Å². The van der Waals surface area contributed by atoms with Gasteiger partial charge in [-0.05, 0) is 34.0 Å². The van der Waals surface area contributed by atoms with Crippen molar-refractivity contribution in [3.05, 3.63) is 23.6 Å². The van der Waals surface area contributed by atoms with Gasteiger partial charge in [0.05, 0.1) is 11.8 Å². The Kier molecular flexibility index (Phi) is 4.24. The molecule has 0 saturated heterocycles. The summed E-state index contributed by atoms with van der Waals surface area (Å²) in [4.78, 5) is 17.5. The van der Waals surface area contributed by atoms with Gasteiger partial charge in [-0.15, -0.1) is 0 Å². The number of carbonyl (C=O) groups is 1. The van der Waals surface area contributed by atoms with Crippen molar-refractivity contribution < 1.29 is 9.18 Å². The highest BCUT2D eigenvalue weighted by atomic mass is 19.1. The second-order valence-corrected chi connectivity index (χ2v) is 4.98. The van der Waals surface area contributed by atoms with Crippen LogP contribution in [0.15, 0.2) is 12.3 Å². The van der Waals surface area contributed by atoms with E-state index >= 15 is 0 Å². The van der Waals surface area contributed by atoms with Crippen LogP contribution in [0.2, 0.25) is 0 Å². The Morgan fingerprint density at radius 1 is 1.56 bits per heavy atom. The number of nitrogen functional groups attached to an aromatic ring is 1. The Morgan fingerprint density at radius 3 is 2.72 bits per heavy atom. The fourth-order valence-electron chi connectivity index (χ4n) is 1.18. The number of aromatic nitrogens is 1. The van der Waals surface area contributed by atoms with Crippen LogP contribution in [0.4, 0.5) is 10.2 Å². The predicted octanol–water partition coefficient (Wildman–Crippen LogP) is 0.873. The van der Waals surface area contributed by atoms with Crippen molar-refractivity contribution in [3.63, 3.8) is 0 Å². The summed E-state index contributed by atoms with van der Waals surface area (Å²) in [5, 5.41) is 2.72. The zero-order chi connectivity index (χ0) is 13.9. The minimum Gasteiger partial charge on any atom is -0.383 e. The second-order valence-electron chi connectivity index (χ2n) is 4.98. The number of anilines is 1. The molecule has 1 aromatic heterocycles. The molecule has 3 N–H and O–H groups in total. The van der Waals surface area contributed by atoms with Crippen LogP contribution in [0.3, 0.4) is 0 Å². The van der Waals surface area contributed by atoms with Crippen LogP contribution in [0, 0.1) is 5.82 Å². The molecule has 0 spiro atoms. The quantitative estimate of drug-likeness (QED) is 0.836. The third-order valence-corrected chi connectivity index (χ3v) is 3.02. The molecule has 0 aliphatic heterocycles. The van der Waals surface area contributed by atoms with Gasteiger partial charge in [0.25, 0.3) is 5.91 Å². The zero-order valence-corrected chi connectivity index (χ0v) is 11.1. The first kappa shape index (κ1) is 14.4. The minimum absolute atomic E-state index is 0.0246. The summed E-state index contributed by atoms with van der Waals surface area (Å²) in [5.41, 5.74) is 5.40. The van der Waals surface area contributed by atoms with Crippen molar-refractivity contribution in [2.75, 3.05) is 26.4 Å². The topological polar surface area (TPSA) is 71.2 Å². The predicted molar refractivity (Wildman–Crippen MR) is 68.7 cm³/mol. The van der Waals surface area contributed by atoms with Crippen molar-refractivity contribution in [1.29, 1.82) is 0 Å². The van der Waals surface area contributed by atoms with Crippen LogP contribution in [-0.2, 0) is 0 Å². The number of hydrogen-bond acceptors (Lipinski definition) is 4. The van der Waals surface area contributed by atoms with E-state index in [0.717, 1.165) is 12.3 Å². The van der Waals surface area contributed by atoms with Crippen LogP contribution in [0.5, 0.6) is 0 Å². The molecule has 1 rings (SSSR count). The maximum atomic E-state index is 13.0. The number of nitrogens with zero attached hydrogens (tertiary/aromatic N) is 2. The van der Waals surface area contributed by atoms with Gasteiger partial charge in [0.2, 0.25) is 0 Å². The van der Waals surface area contributed by atoms with Gasteiger partial charge in [0, 0.05) is 12.1 Å². The molecule has 5 nitrogen and oxygen atoms in total. The molecule has 1 aromatic rings. The second kappa shape index (κ2) is 5.30. The Labute approximate surface area is 106 Å². The lowest BCUT2D eigenvalue weighted by molar-refractivity contribution is 0.0920. The number of carbonyl (C=O) groups excluding carboxylic acids is 1. The molecule has 0 aliphatic rings. The van der Waals surface area contributed by atoms with E-state index in [1.807, 2.05) is 32.8 Å². The van der Waals surface area contributed by atoms with Gasteiger partial charge < -0.3 is 16.0 Å². The fourth-order valence-corrected chi connectivity index (χ4v) is 1.18. The highest BCUT2D eigenvalue weighted by Crippen LogP contribution is 2.12. The van der Waals surface area contributed by atoms with Crippen molar-refractivity contribution in [3.8, 4) is 0 Å². The summed E-state index contributed by atoms with van der Waals surface area (Å²) >= 11 is 0. The van der Waals surface area contributed by atoms with Crippen molar-refractivity contribution >= 4 is 11.7 Å². The number of pyridine rings is 1. The smallest absolute Gasteiger partial charge is 0.255 e. The van der Waals surface area contributed by atoms with E-state index in [1.165, 1.54) is 0 Å². The lowest BCUT2D eigenvalue weighted by Gasteiger charge is -2.32. The van der Waals surface area contributed by atoms with Crippen molar-refractivity contribution in [2.24, 2.45) is 0 Å². The van der Waals surface area contributed by atoms with E-state index < -0.39 is 11.7 Å². The normalized spacial score (nSPS) is 11.7. The first-order chi connectivity index (χ1) is 8.24. The summed E-state index contributed by atoms with van der Waals surface area (Å²) in [6, 6.07) is 1.08. The van der Waals surface area contributed by atoms with Crippen LogP contribution < -0.4 is 11.1 Å². The summed E-state index contributed by atoms with van der Waals surface area (Å²) < 4.78 is 13.0. The fraction of sp³-hybridized carbons (Fsp3) is 0.500. The van der Waals surface area contributed by atoms with E-state index in [0.29, 0.717) is 6.54 Å². The van der Waals surface area contributed by atoms with E-state index in [9.17, 15) is 9.18 Å². The van der Waals surface area contributed by atoms with E-state index in [1.54, 1.807) is 0 Å². The summed E-state index contributed by atoms with van der Waals surface area (Å²) in [6.45, 7) is 4.40. The molecular formula is C12H19FN4O. The van der Waals surface area contributed by atoms with Crippen molar-refractivity contribution in [2.45, 2.75) is 19.4 Å². The summed E-state index contributed by atoms with van der Waals surface area (Å²) in [6.07, 6.45) is 0.982. The van der Waals surface area contributed by atoms with Crippen LogP contribution >= 0.6 is 0 Å². The molecule has 18 heavy (non-hydrogen) atoms. The molecule has 0 aliphatic carbocycles. The molecule has 0 fully saturated rings. The number of likely N-dealkylation sites (N-methyl/N-ethyl adjacent to an activating group) is 1. The summed E-state index contributed by atoms with van der Waals surface area (Å²) in [7, 11) is 3.84. The van der Waals surface area contributed by atoms with Gasteiger partial charge in [-0.25, -0.2) is 9.37 Å². The standard InChI is InChI=1S/C12H19FN4O/c1-12(2,17(3)4)7-16-11(18)9-5-8(13)6-15-10(9)14/h5-6H,7H2,1-4H3,(H2,14,15)(H,16,18). The highest BCUT2D eigenvalue weighted by Gasteiger charge is 2.22. The Hall–Kier alpha value is -1.69. The van der Waals surface area contributed by atoms with Crippen LogP contribution in [0.1, 0.15) is 24.2 Å². The molecule has 0 atom stereocenters. The Balaban J connectivity index is 2.75. The van der Waals surface area contributed by atoms with Gasteiger partial charge in [0.1, 0.15) is 11.6 Å². The third-order valence-electron chi connectivity index (χ3n) is 3.02. The SMILES string of the molecule is CN(C)C(C)(C)CNC(=O)c1cc(F)cnc1N. The van der Waals surface area contributed by atoms with Crippen LogP contribution in [-0.4, -0.2) is 42.0 Å². The molecular weight excluding hydrogens is 235 g/mol. The number of amides is 1. The summed E-state index contributed by atoms with van der Waals surface area (Å²) in [5.74, 6) is -0.979. The largest absolute Gasteiger partial charge is 0.383 e. The molecule has 0 radical (unpaired) electrons. The average molecular weight is 254 g/mol. The third kappa shape index (κ3) is 3.40. The lowest BCUT2D eigenvalue weighted by Crippen LogP contribution is -2.48. The van der Waals surface area contributed by atoms with Gasteiger partial charge in [-0.1, -0.05) is 0 Å². The van der Waals surface area contributed by atoms with Gasteiger partial charge in [-0.3, -0.25) is 4.79 Å². The number of halogens is 1. The minimum atomic E-state index is -0.582. The molecule has 1 amide bonds. The Morgan fingerprint density at radius 2 is 2.17 bits per heavy atom. The molecule has 100 valence electrons. The van der Waals surface area contributed by atoms with Crippen molar-refractivity contribution in [1.82, 2.24) is 15.2 Å². The Bertz CT molecular complexity index is 446. The molecule has 1 heterocycles. The van der Waals surface area contributed by atoms with E-state index in [2.05, 4.69) is 10.3 Å². The number of nitrogens with two attached hydrogens (primary N) is 1. The maximum absolute atomic E-state index is 13.0. The molecule has 0 bridgehead atoms.